The number of amides is 1. The molecule has 0 unspecified atom stereocenters. The maximum absolute atomic E-state index is 12.3. The van der Waals surface area contributed by atoms with Crippen molar-refractivity contribution in [2.75, 3.05) is 13.1 Å². The maximum Gasteiger partial charge on any atom is 0.364 e. The van der Waals surface area contributed by atoms with E-state index in [1.807, 2.05) is 6.92 Å². The standard InChI is InChI=1S/C12H12BrN3O3/c1-3-5-15(6-4-2)12(17)9-7-11(16(18)19)14-8-10(9)13/h1,7-8H,4-6H2,2H3. The van der Waals surface area contributed by atoms with Gasteiger partial charge in [-0.2, -0.15) is 0 Å². The highest BCUT2D eigenvalue weighted by atomic mass is 79.9. The van der Waals surface area contributed by atoms with Gasteiger partial charge in [0.15, 0.2) is 6.20 Å². The first-order chi connectivity index (χ1) is 9.01. The number of terminal acetylenes is 1. The van der Waals surface area contributed by atoms with E-state index >= 15 is 0 Å². The summed E-state index contributed by atoms with van der Waals surface area (Å²) in [7, 11) is 0. The number of hydrogen-bond donors (Lipinski definition) is 0. The Labute approximate surface area is 119 Å². The predicted octanol–water partition coefficient (Wildman–Crippen LogP) is 2.24. The molecule has 1 amide bonds. The molecule has 0 saturated carbocycles. The van der Waals surface area contributed by atoms with Crippen molar-refractivity contribution in [2.24, 2.45) is 0 Å². The molecule has 1 aromatic heterocycles. The lowest BCUT2D eigenvalue weighted by Crippen LogP contribution is -2.32. The van der Waals surface area contributed by atoms with Gasteiger partial charge in [-0.3, -0.25) is 4.79 Å². The second-order valence-corrected chi connectivity index (χ2v) is 4.56. The smallest absolute Gasteiger partial charge is 0.358 e. The molecule has 19 heavy (non-hydrogen) atoms. The lowest BCUT2D eigenvalue weighted by molar-refractivity contribution is -0.389. The number of hydrogen-bond acceptors (Lipinski definition) is 4. The van der Waals surface area contributed by atoms with E-state index in [-0.39, 0.29) is 23.8 Å². The summed E-state index contributed by atoms with van der Waals surface area (Å²) in [6.45, 7) is 2.57. The fourth-order valence-electron chi connectivity index (χ4n) is 1.49. The quantitative estimate of drug-likeness (QED) is 0.472. The van der Waals surface area contributed by atoms with Crippen LogP contribution in [0.3, 0.4) is 0 Å². The first-order valence-electron chi connectivity index (χ1n) is 5.54. The minimum Gasteiger partial charge on any atom is -0.358 e. The van der Waals surface area contributed by atoms with Gasteiger partial charge in [-0.25, -0.2) is 0 Å². The highest BCUT2D eigenvalue weighted by molar-refractivity contribution is 9.10. The fourth-order valence-corrected chi connectivity index (χ4v) is 1.88. The van der Waals surface area contributed by atoms with E-state index in [2.05, 4.69) is 26.8 Å². The van der Waals surface area contributed by atoms with E-state index in [4.69, 9.17) is 6.42 Å². The highest BCUT2D eigenvalue weighted by Crippen LogP contribution is 2.21. The largest absolute Gasteiger partial charge is 0.364 e. The van der Waals surface area contributed by atoms with Crippen molar-refractivity contribution >= 4 is 27.7 Å². The number of aromatic nitrogens is 1. The molecule has 0 bridgehead atoms. The Morgan fingerprint density at radius 1 is 1.68 bits per heavy atom. The summed E-state index contributed by atoms with van der Waals surface area (Å²) in [6.07, 6.45) is 7.21. The molecule has 7 heteroatoms. The minimum absolute atomic E-state index is 0.162. The summed E-state index contributed by atoms with van der Waals surface area (Å²) in [5.74, 6) is 1.68. The molecule has 1 rings (SSSR count). The third-order valence-electron chi connectivity index (χ3n) is 2.32. The molecule has 0 fully saturated rings. The second-order valence-electron chi connectivity index (χ2n) is 3.71. The van der Waals surface area contributed by atoms with Crippen LogP contribution >= 0.6 is 15.9 Å². The van der Waals surface area contributed by atoms with Gasteiger partial charge in [0.25, 0.3) is 5.91 Å². The Morgan fingerprint density at radius 3 is 2.89 bits per heavy atom. The Bertz CT molecular complexity index is 540. The molecule has 0 N–H and O–H groups in total. The van der Waals surface area contributed by atoms with E-state index in [0.717, 1.165) is 12.5 Å². The number of pyridine rings is 1. The van der Waals surface area contributed by atoms with Crippen molar-refractivity contribution in [3.05, 3.63) is 32.4 Å². The predicted molar refractivity (Wildman–Crippen MR) is 73.6 cm³/mol. The minimum atomic E-state index is -0.644. The van der Waals surface area contributed by atoms with Crippen molar-refractivity contribution in [2.45, 2.75) is 13.3 Å². The zero-order chi connectivity index (χ0) is 14.4. The topological polar surface area (TPSA) is 76.3 Å². The maximum atomic E-state index is 12.3. The summed E-state index contributed by atoms with van der Waals surface area (Å²) in [4.78, 5) is 27.4. The van der Waals surface area contributed by atoms with Crippen molar-refractivity contribution in [1.29, 1.82) is 0 Å². The molecular weight excluding hydrogens is 314 g/mol. The van der Waals surface area contributed by atoms with E-state index in [1.54, 1.807) is 0 Å². The molecular formula is C12H12BrN3O3. The molecule has 0 radical (unpaired) electrons. The van der Waals surface area contributed by atoms with Gasteiger partial charge in [-0.1, -0.05) is 12.8 Å². The van der Waals surface area contributed by atoms with Gasteiger partial charge in [0.2, 0.25) is 0 Å². The Kier molecular flexibility index (Phi) is 5.45. The fraction of sp³-hybridized carbons (Fsp3) is 0.333. The molecule has 0 aliphatic carbocycles. The first kappa shape index (κ1) is 15.1. The molecule has 0 saturated heterocycles. The van der Waals surface area contributed by atoms with Crippen LogP contribution in [0.4, 0.5) is 5.82 Å². The third kappa shape index (κ3) is 3.76. The van der Waals surface area contributed by atoms with E-state index in [9.17, 15) is 14.9 Å². The van der Waals surface area contributed by atoms with Gasteiger partial charge < -0.3 is 15.0 Å². The highest BCUT2D eigenvalue weighted by Gasteiger charge is 2.21. The number of nitro groups is 1. The van der Waals surface area contributed by atoms with Crippen LogP contribution in [0.1, 0.15) is 23.7 Å². The molecule has 1 aromatic rings. The molecule has 0 spiro atoms. The number of nitrogens with zero attached hydrogens (tertiary/aromatic N) is 3. The van der Waals surface area contributed by atoms with Crippen molar-refractivity contribution in [3.63, 3.8) is 0 Å². The summed E-state index contributed by atoms with van der Waals surface area (Å²) in [5.41, 5.74) is 0.186. The first-order valence-corrected chi connectivity index (χ1v) is 6.33. The number of halogens is 1. The van der Waals surface area contributed by atoms with Crippen LogP contribution in [0.5, 0.6) is 0 Å². The number of carbonyl (C=O) groups is 1. The van der Waals surface area contributed by atoms with Gasteiger partial charge in [-0.15, -0.1) is 6.42 Å². The monoisotopic (exact) mass is 325 g/mol. The Hall–Kier alpha value is -1.94. The van der Waals surface area contributed by atoms with Crippen molar-refractivity contribution in [3.8, 4) is 12.3 Å². The van der Waals surface area contributed by atoms with Crippen molar-refractivity contribution in [1.82, 2.24) is 9.88 Å². The van der Waals surface area contributed by atoms with Crippen LogP contribution in [0, 0.1) is 22.5 Å². The number of carbonyl (C=O) groups excluding carboxylic acids is 1. The van der Waals surface area contributed by atoms with Crippen LogP contribution in [0.25, 0.3) is 0 Å². The summed E-state index contributed by atoms with van der Waals surface area (Å²) in [6, 6.07) is 1.14. The van der Waals surface area contributed by atoms with E-state index in [1.165, 1.54) is 11.1 Å². The van der Waals surface area contributed by atoms with Crippen LogP contribution < -0.4 is 0 Å². The molecule has 0 aliphatic rings. The summed E-state index contributed by atoms with van der Waals surface area (Å²) < 4.78 is 0.404. The van der Waals surface area contributed by atoms with Crippen LogP contribution in [-0.2, 0) is 0 Å². The second kappa shape index (κ2) is 6.85. The van der Waals surface area contributed by atoms with Crippen molar-refractivity contribution < 1.29 is 9.72 Å². The van der Waals surface area contributed by atoms with E-state index in [0.29, 0.717) is 11.0 Å². The van der Waals surface area contributed by atoms with Gasteiger partial charge in [0.1, 0.15) is 0 Å². The molecule has 100 valence electrons. The SMILES string of the molecule is C#CCN(CCC)C(=O)c1cc([N+](=O)[O-])ncc1Br. The Balaban J connectivity index is 3.13. The van der Waals surface area contributed by atoms with Gasteiger partial charge >= 0.3 is 5.82 Å². The van der Waals surface area contributed by atoms with E-state index < -0.39 is 4.92 Å². The van der Waals surface area contributed by atoms with Crippen LogP contribution in [0.2, 0.25) is 0 Å². The molecule has 6 nitrogen and oxygen atoms in total. The average molecular weight is 326 g/mol. The zero-order valence-electron chi connectivity index (χ0n) is 10.3. The van der Waals surface area contributed by atoms with Crippen LogP contribution in [0.15, 0.2) is 16.7 Å². The normalized spacial score (nSPS) is 9.74. The van der Waals surface area contributed by atoms with Crippen LogP contribution in [-0.4, -0.2) is 33.8 Å². The molecule has 0 atom stereocenters. The number of rotatable bonds is 5. The Morgan fingerprint density at radius 2 is 2.37 bits per heavy atom. The van der Waals surface area contributed by atoms with Gasteiger partial charge in [0.05, 0.1) is 16.6 Å². The molecule has 1 heterocycles. The van der Waals surface area contributed by atoms with Gasteiger partial charge in [-0.05, 0) is 32.3 Å². The third-order valence-corrected chi connectivity index (χ3v) is 2.95. The molecule has 0 aliphatic heterocycles. The zero-order valence-corrected chi connectivity index (χ0v) is 11.9. The lowest BCUT2D eigenvalue weighted by atomic mass is 10.2. The van der Waals surface area contributed by atoms with Gasteiger partial charge in [0, 0.05) is 12.6 Å². The lowest BCUT2D eigenvalue weighted by Gasteiger charge is -2.19. The summed E-state index contributed by atoms with van der Waals surface area (Å²) in [5, 5.41) is 10.7. The molecule has 0 aromatic carbocycles. The summed E-state index contributed by atoms with van der Waals surface area (Å²) >= 11 is 3.17. The average Bonchev–Trinajstić information content (AvgIpc) is 2.38.